The number of aromatic nitrogens is 2. The SMILES string of the molecule is COCCN1C[C@@H](O)[C@H](NC(=O)c2cnc[nH]2)C1. The Morgan fingerprint density at radius 1 is 1.72 bits per heavy atom. The number of aromatic amines is 1. The number of aliphatic hydroxyl groups is 1. The van der Waals surface area contributed by atoms with Gasteiger partial charge in [-0.2, -0.15) is 0 Å². The first kappa shape index (κ1) is 13.0. The Morgan fingerprint density at radius 2 is 2.56 bits per heavy atom. The lowest BCUT2D eigenvalue weighted by atomic mass is 10.2. The van der Waals surface area contributed by atoms with E-state index in [1.807, 2.05) is 0 Å². The smallest absolute Gasteiger partial charge is 0.269 e. The number of β-amino-alcohol motifs (C(OH)–C–C–N with tert-alkyl or cyclic N) is 1. The third-order valence-electron chi connectivity index (χ3n) is 3.04. The van der Waals surface area contributed by atoms with E-state index in [4.69, 9.17) is 4.74 Å². The Balaban J connectivity index is 1.84. The molecule has 7 nitrogen and oxygen atoms in total. The number of nitrogens with zero attached hydrogens (tertiary/aromatic N) is 2. The number of likely N-dealkylation sites (tertiary alicyclic amines) is 1. The lowest BCUT2D eigenvalue weighted by Crippen LogP contribution is -2.43. The maximum absolute atomic E-state index is 11.8. The summed E-state index contributed by atoms with van der Waals surface area (Å²) in [7, 11) is 1.64. The molecule has 0 unspecified atom stereocenters. The van der Waals surface area contributed by atoms with E-state index in [0.717, 1.165) is 6.54 Å². The highest BCUT2D eigenvalue weighted by molar-refractivity contribution is 5.92. The predicted molar refractivity (Wildman–Crippen MR) is 64.2 cm³/mol. The molecule has 0 saturated carbocycles. The molecule has 1 saturated heterocycles. The number of methoxy groups -OCH3 is 1. The minimum absolute atomic E-state index is 0.245. The number of aliphatic hydroxyl groups excluding tert-OH is 1. The van der Waals surface area contributed by atoms with Gasteiger partial charge in [-0.15, -0.1) is 0 Å². The second-order valence-corrected chi connectivity index (χ2v) is 4.36. The van der Waals surface area contributed by atoms with E-state index in [9.17, 15) is 9.90 Å². The van der Waals surface area contributed by atoms with E-state index in [-0.39, 0.29) is 11.9 Å². The fraction of sp³-hybridized carbons (Fsp3) is 0.636. The Morgan fingerprint density at radius 3 is 3.22 bits per heavy atom. The van der Waals surface area contributed by atoms with Crippen molar-refractivity contribution in [1.29, 1.82) is 0 Å². The van der Waals surface area contributed by atoms with Crippen molar-refractivity contribution < 1.29 is 14.6 Å². The zero-order valence-corrected chi connectivity index (χ0v) is 10.3. The molecule has 7 heteroatoms. The monoisotopic (exact) mass is 254 g/mol. The molecule has 1 aliphatic rings. The molecule has 0 spiro atoms. The fourth-order valence-electron chi connectivity index (χ4n) is 2.04. The quantitative estimate of drug-likeness (QED) is 0.616. The maximum Gasteiger partial charge on any atom is 0.269 e. The topological polar surface area (TPSA) is 90.5 Å². The molecule has 1 amide bonds. The summed E-state index contributed by atoms with van der Waals surface area (Å²) in [6.45, 7) is 2.56. The summed E-state index contributed by atoms with van der Waals surface area (Å²) in [5.74, 6) is -0.245. The fourth-order valence-corrected chi connectivity index (χ4v) is 2.04. The van der Waals surface area contributed by atoms with Gasteiger partial charge in [-0.1, -0.05) is 0 Å². The summed E-state index contributed by atoms with van der Waals surface area (Å²) in [5, 5.41) is 12.7. The van der Waals surface area contributed by atoms with Crippen LogP contribution in [0.4, 0.5) is 0 Å². The van der Waals surface area contributed by atoms with Gasteiger partial charge in [-0.05, 0) is 0 Å². The summed E-state index contributed by atoms with van der Waals surface area (Å²) in [6.07, 6.45) is 2.36. The van der Waals surface area contributed by atoms with Crippen LogP contribution in [0.3, 0.4) is 0 Å². The number of H-pyrrole nitrogens is 1. The van der Waals surface area contributed by atoms with Gasteiger partial charge in [0.25, 0.3) is 5.91 Å². The molecule has 100 valence electrons. The van der Waals surface area contributed by atoms with Crippen LogP contribution in [0.15, 0.2) is 12.5 Å². The molecular weight excluding hydrogens is 236 g/mol. The molecule has 2 atom stereocenters. The summed E-state index contributed by atoms with van der Waals surface area (Å²) >= 11 is 0. The average Bonchev–Trinajstić information content (AvgIpc) is 2.97. The maximum atomic E-state index is 11.8. The summed E-state index contributed by atoms with van der Waals surface area (Å²) in [5.41, 5.74) is 0.401. The summed E-state index contributed by atoms with van der Waals surface area (Å²) < 4.78 is 4.99. The molecule has 1 aromatic rings. The van der Waals surface area contributed by atoms with Crippen LogP contribution in [0.1, 0.15) is 10.5 Å². The van der Waals surface area contributed by atoms with Crippen LogP contribution in [0.5, 0.6) is 0 Å². The van der Waals surface area contributed by atoms with Crippen LogP contribution in [0.25, 0.3) is 0 Å². The van der Waals surface area contributed by atoms with Gasteiger partial charge < -0.3 is 20.1 Å². The molecule has 1 aromatic heterocycles. The molecule has 0 radical (unpaired) electrons. The first-order chi connectivity index (χ1) is 8.70. The van der Waals surface area contributed by atoms with Crippen molar-refractivity contribution in [3.63, 3.8) is 0 Å². The van der Waals surface area contributed by atoms with Gasteiger partial charge in [0.1, 0.15) is 5.69 Å². The zero-order chi connectivity index (χ0) is 13.0. The largest absolute Gasteiger partial charge is 0.390 e. The number of hydrogen-bond acceptors (Lipinski definition) is 5. The van der Waals surface area contributed by atoms with Crippen LogP contribution >= 0.6 is 0 Å². The lowest BCUT2D eigenvalue weighted by molar-refractivity contribution is 0.0883. The molecule has 0 aromatic carbocycles. The van der Waals surface area contributed by atoms with Crippen LogP contribution in [0, 0.1) is 0 Å². The van der Waals surface area contributed by atoms with Crippen molar-refractivity contribution in [2.24, 2.45) is 0 Å². The standard InChI is InChI=1S/C11H18N4O3/c1-18-3-2-15-5-9(10(16)6-15)14-11(17)8-4-12-7-13-8/h4,7,9-10,16H,2-3,5-6H2,1H3,(H,12,13)(H,14,17)/t9-,10-/m1/s1. The first-order valence-electron chi connectivity index (χ1n) is 5.89. The molecule has 2 heterocycles. The van der Waals surface area contributed by atoms with E-state index >= 15 is 0 Å². The van der Waals surface area contributed by atoms with Gasteiger partial charge in [-0.25, -0.2) is 4.98 Å². The highest BCUT2D eigenvalue weighted by Gasteiger charge is 2.32. The third-order valence-corrected chi connectivity index (χ3v) is 3.04. The summed E-state index contributed by atoms with van der Waals surface area (Å²) in [6, 6.07) is -0.252. The van der Waals surface area contributed by atoms with Crippen molar-refractivity contribution in [2.75, 3.05) is 33.4 Å². The number of rotatable bonds is 5. The van der Waals surface area contributed by atoms with E-state index in [1.165, 1.54) is 12.5 Å². The summed E-state index contributed by atoms with van der Waals surface area (Å²) in [4.78, 5) is 20.4. The minimum Gasteiger partial charge on any atom is -0.390 e. The van der Waals surface area contributed by atoms with Gasteiger partial charge in [0.15, 0.2) is 0 Å². The van der Waals surface area contributed by atoms with E-state index in [0.29, 0.717) is 25.4 Å². The Kier molecular flexibility index (Phi) is 4.29. The van der Waals surface area contributed by atoms with Gasteiger partial charge in [0.2, 0.25) is 0 Å². The second-order valence-electron chi connectivity index (χ2n) is 4.36. The molecule has 3 N–H and O–H groups in total. The molecule has 0 aliphatic carbocycles. The van der Waals surface area contributed by atoms with E-state index in [2.05, 4.69) is 20.2 Å². The van der Waals surface area contributed by atoms with Gasteiger partial charge in [0, 0.05) is 26.7 Å². The van der Waals surface area contributed by atoms with Crippen molar-refractivity contribution in [2.45, 2.75) is 12.1 Å². The predicted octanol–water partition coefficient (Wildman–Crippen LogP) is -1.17. The third kappa shape index (κ3) is 3.06. The van der Waals surface area contributed by atoms with Crippen LogP contribution in [0.2, 0.25) is 0 Å². The molecule has 18 heavy (non-hydrogen) atoms. The number of amides is 1. The van der Waals surface area contributed by atoms with Crippen molar-refractivity contribution in [3.8, 4) is 0 Å². The van der Waals surface area contributed by atoms with E-state index < -0.39 is 6.10 Å². The Bertz CT molecular complexity index is 382. The molecule has 2 rings (SSSR count). The van der Waals surface area contributed by atoms with E-state index in [1.54, 1.807) is 7.11 Å². The number of carbonyl (C=O) groups is 1. The molecular formula is C11H18N4O3. The molecule has 0 bridgehead atoms. The number of nitrogens with one attached hydrogen (secondary N) is 2. The van der Waals surface area contributed by atoms with Crippen molar-refractivity contribution in [1.82, 2.24) is 20.2 Å². The zero-order valence-electron chi connectivity index (χ0n) is 10.3. The molecule has 1 fully saturated rings. The average molecular weight is 254 g/mol. The second kappa shape index (κ2) is 5.94. The number of hydrogen-bond donors (Lipinski definition) is 3. The van der Waals surface area contributed by atoms with Gasteiger partial charge in [-0.3, -0.25) is 9.69 Å². The highest BCUT2D eigenvalue weighted by Crippen LogP contribution is 2.10. The normalized spacial score (nSPS) is 24.3. The van der Waals surface area contributed by atoms with Crippen molar-refractivity contribution in [3.05, 3.63) is 18.2 Å². The Labute approximate surface area is 105 Å². The minimum atomic E-state index is -0.547. The number of carbonyl (C=O) groups excluding carboxylic acids is 1. The van der Waals surface area contributed by atoms with Gasteiger partial charge >= 0.3 is 0 Å². The van der Waals surface area contributed by atoms with Crippen LogP contribution < -0.4 is 5.32 Å². The number of imidazole rings is 1. The molecule has 1 aliphatic heterocycles. The van der Waals surface area contributed by atoms with Crippen LogP contribution in [-0.4, -0.2) is 71.4 Å². The Hall–Kier alpha value is -1.44. The van der Waals surface area contributed by atoms with Gasteiger partial charge in [0.05, 0.1) is 31.3 Å². The first-order valence-corrected chi connectivity index (χ1v) is 5.89. The van der Waals surface area contributed by atoms with Crippen molar-refractivity contribution >= 4 is 5.91 Å². The lowest BCUT2D eigenvalue weighted by Gasteiger charge is -2.15. The van der Waals surface area contributed by atoms with Crippen LogP contribution in [-0.2, 0) is 4.74 Å². The highest BCUT2D eigenvalue weighted by atomic mass is 16.5. The number of ether oxygens (including phenoxy) is 1.